The molecule has 0 amide bonds. The van der Waals surface area contributed by atoms with Gasteiger partial charge in [-0.3, -0.25) is 0 Å². The van der Waals surface area contributed by atoms with E-state index in [1.165, 1.54) is 5.56 Å². The molecule has 0 saturated carbocycles. The highest BCUT2D eigenvalue weighted by Gasteiger charge is 2.12. The molecule has 0 bridgehead atoms. The summed E-state index contributed by atoms with van der Waals surface area (Å²) in [5.41, 5.74) is 2.74. The van der Waals surface area contributed by atoms with Crippen LogP contribution in [0.1, 0.15) is 32.8 Å². The second-order valence-electron chi connectivity index (χ2n) is 5.60. The van der Waals surface area contributed by atoms with Crippen molar-refractivity contribution >= 4 is 10.9 Å². The zero-order valence-corrected chi connectivity index (χ0v) is 10.2. The first-order chi connectivity index (χ1) is 7.46. The molecule has 2 rings (SSSR count). The summed E-state index contributed by atoms with van der Waals surface area (Å²) in [5, 5.41) is 10.6. The van der Waals surface area contributed by atoms with Gasteiger partial charge in [-0.1, -0.05) is 20.8 Å². The number of aromatic nitrogens is 1. The van der Waals surface area contributed by atoms with Crippen molar-refractivity contribution in [3.05, 3.63) is 30.0 Å². The average molecular weight is 217 g/mol. The predicted octanol–water partition coefficient (Wildman–Crippen LogP) is 3.85. The number of benzene rings is 1. The highest BCUT2D eigenvalue weighted by molar-refractivity contribution is 5.84. The van der Waals surface area contributed by atoms with E-state index in [0.717, 1.165) is 23.7 Å². The number of aromatic amines is 1. The Morgan fingerprint density at radius 1 is 1.25 bits per heavy atom. The molecule has 1 aromatic heterocycles. The summed E-state index contributed by atoms with van der Waals surface area (Å²) < 4.78 is 0. The van der Waals surface area contributed by atoms with Gasteiger partial charge in [0.25, 0.3) is 0 Å². The van der Waals surface area contributed by atoms with E-state index in [-0.39, 0.29) is 0 Å². The lowest BCUT2D eigenvalue weighted by Crippen LogP contribution is -2.05. The Bertz CT molecular complexity index is 491. The fraction of sp³-hybridized carbons (Fsp3) is 0.429. The molecule has 2 aromatic rings. The molecule has 0 fully saturated rings. The number of fused-ring (bicyclic) bond motifs is 1. The summed E-state index contributed by atoms with van der Waals surface area (Å²) >= 11 is 0. The van der Waals surface area contributed by atoms with E-state index in [1.807, 2.05) is 12.1 Å². The highest BCUT2D eigenvalue weighted by atomic mass is 16.3. The first-order valence-corrected chi connectivity index (χ1v) is 5.75. The fourth-order valence-corrected chi connectivity index (χ4v) is 1.88. The number of hydrogen-bond donors (Lipinski definition) is 2. The van der Waals surface area contributed by atoms with E-state index in [1.54, 1.807) is 6.07 Å². The number of rotatable bonds is 2. The van der Waals surface area contributed by atoms with Crippen LogP contribution in [0.15, 0.2) is 24.4 Å². The van der Waals surface area contributed by atoms with Crippen LogP contribution in [0.25, 0.3) is 10.9 Å². The van der Waals surface area contributed by atoms with Crippen molar-refractivity contribution in [2.45, 2.75) is 33.6 Å². The maximum absolute atomic E-state index is 9.49. The van der Waals surface area contributed by atoms with Crippen LogP contribution in [-0.4, -0.2) is 10.1 Å². The molecule has 0 saturated heterocycles. The number of phenolic OH excluding ortho intramolecular Hbond substituents is 1. The van der Waals surface area contributed by atoms with Crippen LogP contribution in [0.4, 0.5) is 0 Å². The van der Waals surface area contributed by atoms with Crippen LogP contribution in [0.5, 0.6) is 5.75 Å². The quantitative estimate of drug-likeness (QED) is 0.787. The second-order valence-corrected chi connectivity index (χ2v) is 5.60. The summed E-state index contributed by atoms with van der Waals surface area (Å²) in [5.74, 6) is 0.337. The minimum Gasteiger partial charge on any atom is -0.508 e. The van der Waals surface area contributed by atoms with E-state index in [0.29, 0.717) is 11.2 Å². The van der Waals surface area contributed by atoms with Gasteiger partial charge in [-0.2, -0.15) is 0 Å². The summed E-state index contributed by atoms with van der Waals surface area (Å²) in [6, 6.07) is 5.47. The SMILES string of the molecule is CC(C)(C)CCc1c[nH]c2ccc(O)cc12. The van der Waals surface area contributed by atoms with Crippen molar-refractivity contribution in [1.82, 2.24) is 4.98 Å². The number of phenols is 1. The monoisotopic (exact) mass is 217 g/mol. The number of hydrogen-bond acceptors (Lipinski definition) is 1. The second kappa shape index (κ2) is 3.85. The summed E-state index contributed by atoms with van der Waals surface area (Å²) in [7, 11) is 0. The molecule has 0 aliphatic carbocycles. The smallest absolute Gasteiger partial charge is 0.116 e. The van der Waals surface area contributed by atoms with E-state index in [9.17, 15) is 5.11 Å². The summed E-state index contributed by atoms with van der Waals surface area (Å²) in [6.45, 7) is 6.75. The number of H-pyrrole nitrogens is 1. The minimum absolute atomic E-state index is 0.337. The van der Waals surface area contributed by atoms with Gasteiger partial charge in [0.15, 0.2) is 0 Å². The van der Waals surface area contributed by atoms with Crippen LogP contribution in [0, 0.1) is 5.41 Å². The molecular formula is C14H19NO. The molecule has 86 valence electrons. The van der Waals surface area contributed by atoms with E-state index >= 15 is 0 Å². The standard InChI is InChI=1S/C14H19NO/c1-14(2,3)7-6-10-9-15-13-5-4-11(16)8-12(10)13/h4-5,8-9,15-16H,6-7H2,1-3H3. The van der Waals surface area contributed by atoms with E-state index < -0.39 is 0 Å². The van der Waals surface area contributed by atoms with Gasteiger partial charge in [-0.05, 0) is 42.0 Å². The number of aryl methyl sites for hydroxylation is 1. The normalized spacial score (nSPS) is 12.2. The molecule has 1 heterocycles. The third-order valence-corrected chi connectivity index (χ3v) is 2.90. The first-order valence-electron chi connectivity index (χ1n) is 5.75. The van der Waals surface area contributed by atoms with Gasteiger partial charge >= 0.3 is 0 Å². The Morgan fingerprint density at radius 3 is 2.69 bits per heavy atom. The molecule has 0 spiro atoms. The molecule has 2 heteroatoms. The van der Waals surface area contributed by atoms with Crippen LogP contribution in [0.2, 0.25) is 0 Å². The third-order valence-electron chi connectivity index (χ3n) is 2.90. The molecular weight excluding hydrogens is 198 g/mol. The Hall–Kier alpha value is -1.44. The number of aromatic hydroxyl groups is 1. The van der Waals surface area contributed by atoms with Crippen molar-refractivity contribution < 1.29 is 5.11 Å². The molecule has 0 aliphatic heterocycles. The van der Waals surface area contributed by atoms with Crippen LogP contribution >= 0.6 is 0 Å². The van der Waals surface area contributed by atoms with E-state index in [4.69, 9.17) is 0 Å². The lowest BCUT2D eigenvalue weighted by atomic mass is 9.88. The largest absolute Gasteiger partial charge is 0.508 e. The van der Waals surface area contributed by atoms with Gasteiger partial charge in [-0.25, -0.2) is 0 Å². The van der Waals surface area contributed by atoms with Crippen molar-refractivity contribution in [1.29, 1.82) is 0 Å². The Morgan fingerprint density at radius 2 is 2.00 bits per heavy atom. The lowest BCUT2D eigenvalue weighted by Gasteiger charge is -2.17. The zero-order chi connectivity index (χ0) is 11.8. The van der Waals surface area contributed by atoms with Crippen LogP contribution in [-0.2, 0) is 6.42 Å². The van der Waals surface area contributed by atoms with Gasteiger partial charge < -0.3 is 10.1 Å². The Kier molecular flexibility index (Phi) is 2.66. The van der Waals surface area contributed by atoms with Gasteiger partial charge in [0.05, 0.1) is 0 Å². The third kappa shape index (κ3) is 2.38. The van der Waals surface area contributed by atoms with Crippen LogP contribution in [0.3, 0.4) is 0 Å². The Balaban J connectivity index is 2.28. The zero-order valence-electron chi connectivity index (χ0n) is 10.2. The van der Waals surface area contributed by atoms with Crippen molar-refractivity contribution in [3.8, 4) is 5.75 Å². The fourth-order valence-electron chi connectivity index (χ4n) is 1.88. The molecule has 0 unspecified atom stereocenters. The molecule has 16 heavy (non-hydrogen) atoms. The maximum Gasteiger partial charge on any atom is 0.116 e. The molecule has 2 nitrogen and oxygen atoms in total. The van der Waals surface area contributed by atoms with Gasteiger partial charge in [0.1, 0.15) is 5.75 Å². The van der Waals surface area contributed by atoms with Crippen molar-refractivity contribution in [2.24, 2.45) is 5.41 Å². The lowest BCUT2D eigenvalue weighted by molar-refractivity contribution is 0.378. The van der Waals surface area contributed by atoms with Gasteiger partial charge in [0, 0.05) is 17.1 Å². The Labute approximate surface area is 96.3 Å². The topological polar surface area (TPSA) is 36.0 Å². The minimum atomic E-state index is 0.337. The average Bonchev–Trinajstić information content (AvgIpc) is 2.56. The summed E-state index contributed by atoms with van der Waals surface area (Å²) in [6.07, 6.45) is 4.25. The van der Waals surface area contributed by atoms with E-state index in [2.05, 4.69) is 32.0 Å². The molecule has 0 atom stereocenters. The first kappa shape index (κ1) is 11.1. The van der Waals surface area contributed by atoms with Crippen molar-refractivity contribution in [2.75, 3.05) is 0 Å². The number of nitrogens with one attached hydrogen (secondary N) is 1. The predicted molar refractivity (Wildman–Crippen MR) is 67.7 cm³/mol. The van der Waals surface area contributed by atoms with Gasteiger partial charge in [-0.15, -0.1) is 0 Å². The molecule has 0 aliphatic rings. The molecule has 2 N–H and O–H groups in total. The highest BCUT2D eigenvalue weighted by Crippen LogP contribution is 2.27. The molecule has 1 aromatic carbocycles. The van der Waals surface area contributed by atoms with Crippen molar-refractivity contribution in [3.63, 3.8) is 0 Å². The summed E-state index contributed by atoms with van der Waals surface area (Å²) in [4.78, 5) is 3.24. The molecule has 0 radical (unpaired) electrons. The van der Waals surface area contributed by atoms with Crippen LogP contribution < -0.4 is 0 Å². The van der Waals surface area contributed by atoms with Gasteiger partial charge in [0.2, 0.25) is 0 Å². The maximum atomic E-state index is 9.49.